The Labute approximate surface area is 761 Å². The standard InChI is InChI=1S/C11H14N2.2C9H7N.C8H6N2.C5H5N.2C4H4N2.C4H5N.8C4H10.C3H3NS.9C2H6.CH4/c1-8(2)11-12-9-6-4-5-7-10(9)13(11)3;1-2-6-9-8(4-1)5-3-7-10-9;1-2-4-9-7-10-6-5-8(9)3-1;1-2-4-8-7(3-1)5-9-6-10-8;1-2-4-6-5-3-1;1-2-6-4-3-5-1;1-2-5-4-6-3-1;1-2-4-5-3-1;8*1-4(2)3;1-2-5-3-4-1;9*1-2;/h4-8H,1-3H3;2*1-7H;1-6H;1-5H;2*1-4H;1-5H;8*4H,1-3H3;1-3H;9*1-2H3;1H4. The third kappa shape index (κ3) is 134. The Balaban J connectivity index is -0.0000000848. The number of nitrogens with one attached hydrogen (secondary N) is 1. The number of nitrogens with zero attached hydrogens (tertiary/aromatic N) is 12. The maximum atomic E-state index is 4.57. The van der Waals surface area contributed by atoms with Crippen LogP contribution < -0.4 is 0 Å². The van der Waals surface area contributed by atoms with E-state index in [1.165, 1.54) is 28.0 Å². The summed E-state index contributed by atoms with van der Waals surface area (Å²) in [5, 5.41) is 6.66. The van der Waals surface area contributed by atoms with E-state index in [0.29, 0.717) is 5.92 Å². The Hall–Kier alpha value is -9.27. The molecule has 0 amide bonds. The highest BCUT2D eigenvalue weighted by Gasteiger charge is 2.09. The van der Waals surface area contributed by atoms with Gasteiger partial charge in [-0.05, 0) is 125 Å². The highest BCUT2D eigenvalue weighted by Crippen LogP contribution is 2.20. The molecule has 1 N–H and O–H groups in total. The molecule has 0 aliphatic carbocycles. The predicted octanol–water partition coefficient (Wildman–Crippen LogP) is 36.2. The first-order valence-corrected chi connectivity index (χ1v) is 46.2. The van der Waals surface area contributed by atoms with Crippen LogP contribution in [0.1, 0.15) is 324 Å². The number of imidazole rings is 1. The lowest BCUT2D eigenvalue weighted by Crippen LogP contribution is -1.99. The van der Waals surface area contributed by atoms with Crippen molar-refractivity contribution in [1.82, 2.24) is 64.4 Å². The molecule has 14 heteroatoms. The smallest absolute Gasteiger partial charge is 0.116 e. The topological polar surface area (TPSA) is 163 Å². The Bertz CT molecular complexity index is 3040. The maximum absolute atomic E-state index is 4.57. The number of benzene rings is 4. The molecule has 696 valence electrons. The van der Waals surface area contributed by atoms with Crippen molar-refractivity contribution in [2.24, 2.45) is 54.4 Å². The number of rotatable bonds is 1. The second-order valence-electron chi connectivity index (χ2n) is 28.4. The molecule has 0 fully saturated rings. The summed E-state index contributed by atoms with van der Waals surface area (Å²) >= 11 is 1.60. The van der Waals surface area contributed by atoms with E-state index in [1.54, 1.807) is 85.0 Å². The van der Waals surface area contributed by atoms with Gasteiger partial charge < -0.3 is 9.55 Å². The van der Waals surface area contributed by atoms with Crippen LogP contribution in [0.5, 0.6) is 0 Å². The largest absolute Gasteiger partial charge is 0.368 e. The number of aromatic nitrogens is 13. The first-order valence-electron chi connectivity index (χ1n) is 45.2. The lowest BCUT2D eigenvalue weighted by atomic mass is 10.2. The molecule has 4 aromatic carbocycles. The second-order valence-corrected chi connectivity index (χ2v) is 29.2. The maximum Gasteiger partial charge on any atom is 0.116 e. The van der Waals surface area contributed by atoms with Gasteiger partial charge in [-0.3, -0.25) is 29.9 Å². The number of hydrogen-bond acceptors (Lipinski definition) is 12. The van der Waals surface area contributed by atoms with E-state index in [2.05, 4.69) is 288 Å². The van der Waals surface area contributed by atoms with Crippen molar-refractivity contribution in [3.8, 4) is 0 Å². The molecule has 0 saturated heterocycles. The van der Waals surface area contributed by atoms with Crippen LogP contribution in [0.15, 0.2) is 268 Å². The SMILES string of the molecule is C.CC.CC.CC.CC.CC.CC.CC.CC.CC.CC(C)C.CC(C)C.CC(C)C.CC(C)C.CC(C)C.CC(C)C.CC(C)C.CC(C)C.CC(C)c1nc2ccccc2n1C.c1cc[nH]c1.c1ccc2cnccc2c1.c1ccc2ncccc2c1.c1ccc2ncncc2c1.c1ccncc1.c1cnccn1.c1cncnc1.c1cscn1. The number of hydrogen-bond donors (Lipinski definition) is 1. The summed E-state index contributed by atoms with van der Waals surface area (Å²) in [6.07, 6.45) is 29.3. The number of H-pyrrole nitrogens is 1. The molecule has 0 aliphatic rings. The predicted molar refractivity (Wildman–Crippen MR) is 562 cm³/mol. The van der Waals surface area contributed by atoms with Gasteiger partial charge in [0.1, 0.15) is 18.5 Å². The van der Waals surface area contributed by atoms with Crippen molar-refractivity contribution in [3.05, 3.63) is 274 Å². The number of fused-ring (bicyclic) bond motifs is 4. The van der Waals surface area contributed by atoms with Crippen molar-refractivity contribution in [3.63, 3.8) is 0 Å². The van der Waals surface area contributed by atoms with Gasteiger partial charge in [0, 0.05) is 122 Å². The molecular weight excluding hydrogens is 1510 g/mol. The molecule has 122 heavy (non-hydrogen) atoms. The number of para-hydroxylation sites is 4. The van der Waals surface area contributed by atoms with E-state index in [4.69, 9.17) is 0 Å². The van der Waals surface area contributed by atoms with E-state index >= 15 is 0 Å². The molecule has 13 rings (SSSR count). The molecule has 13 aromatic rings. The van der Waals surface area contributed by atoms with E-state index < -0.39 is 0 Å². The average molecular weight is 1710 g/mol. The van der Waals surface area contributed by atoms with Gasteiger partial charge >= 0.3 is 0 Å². The molecule has 0 radical (unpaired) electrons. The number of aromatic amines is 1. The number of aryl methyl sites for hydroxylation is 1. The van der Waals surface area contributed by atoms with Gasteiger partial charge in [-0.15, -0.1) is 11.3 Å². The minimum absolute atomic E-state index is 0. The van der Waals surface area contributed by atoms with Crippen molar-refractivity contribution >= 4 is 54.9 Å². The Morgan fingerprint density at radius 1 is 0.262 bits per heavy atom. The highest BCUT2D eigenvalue weighted by atomic mass is 32.1. The van der Waals surface area contributed by atoms with Gasteiger partial charge in [0.2, 0.25) is 0 Å². The molecular formula is C108H193N13S. The van der Waals surface area contributed by atoms with Gasteiger partial charge in [0.25, 0.3) is 0 Å². The third-order valence-corrected chi connectivity index (χ3v) is 9.70. The first kappa shape index (κ1) is 144. The lowest BCUT2D eigenvalue weighted by molar-refractivity contribution is 0.722. The summed E-state index contributed by atoms with van der Waals surface area (Å²) in [5.74, 6) is 8.30. The van der Waals surface area contributed by atoms with Crippen LogP contribution in [0, 0.1) is 47.3 Å². The van der Waals surface area contributed by atoms with Gasteiger partial charge in [0.15, 0.2) is 0 Å². The van der Waals surface area contributed by atoms with Crippen LogP contribution in [0.25, 0.3) is 43.6 Å². The zero-order chi connectivity index (χ0) is 96.3. The Morgan fingerprint density at radius 2 is 0.598 bits per heavy atom. The average Bonchev–Trinajstić information content (AvgIpc) is 1.66. The van der Waals surface area contributed by atoms with Crippen molar-refractivity contribution < 1.29 is 0 Å². The van der Waals surface area contributed by atoms with Gasteiger partial charge in [-0.1, -0.05) is 397 Å². The molecule has 0 atom stereocenters. The summed E-state index contributed by atoms with van der Waals surface area (Å²) in [7, 11) is 2.07. The lowest BCUT2D eigenvalue weighted by Gasteiger charge is -2.04. The minimum Gasteiger partial charge on any atom is -0.368 e. The molecule has 0 bridgehead atoms. The van der Waals surface area contributed by atoms with Gasteiger partial charge in [0.05, 0.1) is 27.6 Å². The zero-order valence-electron chi connectivity index (χ0n) is 86.4. The zero-order valence-corrected chi connectivity index (χ0v) is 87.2. The van der Waals surface area contributed by atoms with Crippen molar-refractivity contribution in [2.45, 2.75) is 318 Å². The number of thiazole rings is 1. The molecule has 0 saturated carbocycles. The fraction of sp³-hybridized carbons (Fsp3) is 0.509. The van der Waals surface area contributed by atoms with Crippen LogP contribution in [-0.2, 0) is 7.05 Å². The molecule has 0 spiro atoms. The van der Waals surface area contributed by atoms with Crippen LogP contribution in [0.4, 0.5) is 0 Å². The fourth-order valence-corrected chi connectivity index (χ4v) is 6.27. The highest BCUT2D eigenvalue weighted by molar-refractivity contribution is 7.07. The molecule has 0 aliphatic heterocycles. The van der Waals surface area contributed by atoms with Crippen molar-refractivity contribution in [2.75, 3.05) is 0 Å². The van der Waals surface area contributed by atoms with Crippen LogP contribution in [0.3, 0.4) is 0 Å². The summed E-state index contributed by atoms with van der Waals surface area (Å²) in [6.45, 7) is 92.3. The second kappa shape index (κ2) is 125. The Kier molecular flexibility index (Phi) is 148. The molecule has 13 nitrogen and oxygen atoms in total. The third-order valence-electron chi connectivity index (χ3n) is 9.18. The van der Waals surface area contributed by atoms with Crippen LogP contribution >= 0.6 is 11.3 Å². The molecule has 9 aromatic heterocycles. The quantitative estimate of drug-likeness (QED) is 0.166. The normalized spacial score (nSPS) is 8.31. The van der Waals surface area contributed by atoms with E-state index in [0.717, 1.165) is 75.1 Å². The van der Waals surface area contributed by atoms with Gasteiger partial charge in [-0.25, -0.2) is 24.9 Å². The number of pyridine rings is 3. The monoisotopic (exact) mass is 1700 g/mol. The van der Waals surface area contributed by atoms with E-state index in [-0.39, 0.29) is 7.43 Å². The minimum atomic E-state index is 0. The van der Waals surface area contributed by atoms with Crippen molar-refractivity contribution in [1.29, 1.82) is 0 Å². The van der Waals surface area contributed by atoms with Crippen LogP contribution in [-0.4, -0.2) is 64.4 Å². The van der Waals surface area contributed by atoms with E-state index in [9.17, 15) is 0 Å². The summed E-state index contributed by atoms with van der Waals surface area (Å²) in [6, 6.07) is 49.8. The first-order chi connectivity index (χ1) is 58.0. The summed E-state index contributed by atoms with van der Waals surface area (Å²) < 4.78 is 2.17. The molecule has 9 heterocycles. The fourth-order valence-electron chi connectivity index (χ4n) is 5.92. The van der Waals surface area contributed by atoms with Gasteiger partial charge in [-0.2, -0.15) is 0 Å². The van der Waals surface area contributed by atoms with E-state index in [1.807, 2.05) is 276 Å². The summed E-state index contributed by atoms with van der Waals surface area (Å²) in [4.78, 5) is 45.9. The summed E-state index contributed by atoms with van der Waals surface area (Å²) in [5.41, 5.74) is 6.16. The Morgan fingerprint density at radius 3 is 0.877 bits per heavy atom. The molecule has 0 unspecified atom stereocenters. The van der Waals surface area contributed by atoms with Crippen LogP contribution in [0.2, 0.25) is 0 Å².